The number of hydrogen-bond donors (Lipinski definition) is 2. The van der Waals surface area contributed by atoms with Crippen LogP contribution in [-0.2, 0) is 6.54 Å². The Labute approximate surface area is 135 Å². The number of nitrogens with zero attached hydrogens (tertiary/aromatic N) is 1. The molecule has 2 heterocycles. The Morgan fingerprint density at radius 2 is 1.95 bits per heavy atom. The highest BCUT2D eigenvalue weighted by Crippen LogP contribution is 2.41. The largest absolute Gasteiger partial charge is 0.393 e. The van der Waals surface area contributed by atoms with Gasteiger partial charge in [0.15, 0.2) is 0 Å². The first-order valence-electron chi connectivity index (χ1n) is 8.03. The molecule has 116 valence electrons. The predicted octanol–water partition coefficient (Wildman–Crippen LogP) is 3.44. The number of nitrogens with one attached hydrogen (secondary N) is 1. The van der Waals surface area contributed by atoms with E-state index in [0.29, 0.717) is 18.1 Å². The van der Waals surface area contributed by atoms with E-state index >= 15 is 0 Å². The van der Waals surface area contributed by atoms with Crippen molar-refractivity contribution < 1.29 is 5.11 Å². The molecule has 2 N–H and O–H groups in total. The van der Waals surface area contributed by atoms with Gasteiger partial charge >= 0.3 is 0 Å². The summed E-state index contributed by atoms with van der Waals surface area (Å²) < 4.78 is 1.14. The topological polar surface area (TPSA) is 35.5 Å². The van der Waals surface area contributed by atoms with Crippen molar-refractivity contribution in [3.05, 3.63) is 28.2 Å². The average molecular weight is 353 g/mol. The molecular formula is C17H25BrN2O. The van der Waals surface area contributed by atoms with Crippen molar-refractivity contribution in [2.45, 2.75) is 70.3 Å². The summed E-state index contributed by atoms with van der Waals surface area (Å²) in [6.45, 7) is 5.26. The lowest BCUT2D eigenvalue weighted by molar-refractivity contribution is 0.126. The van der Waals surface area contributed by atoms with Crippen molar-refractivity contribution in [2.75, 3.05) is 4.90 Å². The summed E-state index contributed by atoms with van der Waals surface area (Å²) in [6.07, 6.45) is 4.15. The Hall–Kier alpha value is -0.580. The fraction of sp³-hybridized carbons (Fsp3) is 0.647. The standard InChI is InChI=1S/C17H25BrN2O/c1-11(2)19-10-12-3-4-13(18)7-17(12)20-14-5-6-15(20)9-16(21)8-14/h3-4,7,11,14-16,19,21H,5-6,8-10H2,1-2H3. The third-order valence-electron chi connectivity index (χ3n) is 4.73. The van der Waals surface area contributed by atoms with Crippen LogP contribution in [0.25, 0.3) is 0 Å². The molecule has 0 radical (unpaired) electrons. The summed E-state index contributed by atoms with van der Waals surface area (Å²) in [7, 11) is 0. The van der Waals surface area contributed by atoms with Gasteiger partial charge < -0.3 is 15.3 Å². The number of hydrogen-bond acceptors (Lipinski definition) is 3. The summed E-state index contributed by atoms with van der Waals surface area (Å²) in [6, 6.07) is 8.10. The maximum absolute atomic E-state index is 10.0. The van der Waals surface area contributed by atoms with Gasteiger partial charge in [0.05, 0.1) is 6.10 Å². The molecule has 4 heteroatoms. The predicted molar refractivity (Wildman–Crippen MR) is 90.6 cm³/mol. The summed E-state index contributed by atoms with van der Waals surface area (Å²) in [4.78, 5) is 2.58. The lowest BCUT2D eigenvalue weighted by atomic mass is 9.97. The van der Waals surface area contributed by atoms with E-state index in [4.69, 9.17) is 0 Å². The highest BCUT2D eigenvalue weighted by Gasteiger charge is 2.40. The second-order valence-electron chi connectivity index (χ2n) is 6.73. The van der Waals surface area contributed by atoms with Crippen molar-refractivity contribution in [1.29, 1.82) is 0 Å². The Morgan fingerprint density at radius 1 is 1.29 bits per heavy atom. The molecule has 0 aliphatic carbocycles. The van der Waals surface area contributed by atoms with Crippen LogP contribution in [0.5, 0.6) is 0 Å². The molecule has 3 nitrogen and oxygen atoms in total. The zero-order valence-electron chi connectivity index (χ0n) is 12.8. The van der Waals surface area contributed by atoms with E-state index in [1.807, 2.05) is 0 Å². The van der Waals surface area contributed by atoms with Gasteiger partial charge in [0.2, 0.25) is 0 Å². The number of halogens is 1. The summed E-state index contributed by atoms with van der Waals surface area (Å²) >= 11 is 3.62. The van der Waals surface area contributed by atoms with Crippen LogP contribution in [0.1, 0.15) is 45.1 Å². The maximum Gasteiger partial charge on any atom is 0.0579 e. The fourth-order valence-electron chi connectivity index (χ4n) is 3.78. The smallest absolute Gasteiger partial charge is 0.0579 e. The zero-order valence-corrected chi connectivity index (χ0v) is 14.4. The minimum absolute atomic E-state index is 0.108. The molecule has 2 atom stereocenters. The molecule has 2 bridgehead atoms. The molecule has 2 fully saturated rings. The number of fused-ring (bicyclic) bond motifs is 2. The van der Waals surface area contributed by atoms with Crippen molar-refractivity contribution in [3.63, 3.8) is 0 Å². The third-order valence-corrected chi connectivity index (χ3v) is 5.23. The minimum Gasteiger partial charge on any atom is -0.393 e. The number of piperidine rings is 1. The van der Waals surface area contributed by atoms with Crippen LogP contribution in [0, 0.1) is 0 Å². The van der Waals surface area contributed by atoms with Crippen molar-refractivity contribution >= 4 is 21.6 Å². The van der Waals surface area contributed by atoms with Crippen LogP contribution in [0.3, 0.4) is 0 Å². The van der Waals surface area contributed by atoms with E-state index in [0.717, 1.165) is 23.9 Å². The van der Waals surface area contributed by atoms with E-state index in [9.17, 15) is 5.11 Å². The molecule has 3 rings (SSSR count). The van der Waals surface area contributed by atoms with Crippen LogP contribution in [0.15, 0.2) is 22.7 Å². The van der Waals surface area contributed by atoms with E-state index in [1.54, 1.807) is 0 Å². The van der Waals surface area contributed by atoms with Crippen LogP contribution in [-0.4, -0.2) is 29.3 Å². The van der Waals surface area contributed by atoms with Gasteiger partial charge in [0.1, 0.15) is 0 Å². The van der Waals surface area contributed by atoms with Gasteiger partial charge in [0, 0.05) is 34.8 Å². The zero-order chi connectivity index (χ0) is 15.0. The first-order valence-corrected chi connectivity index (χ1v) is 8.82. The first-order chi connectivity index (χ1) is 10.0. The highest BCUT2D eigenvalue weighted by molar-refractivity contribution is 9.10. The molecule has 2 aliphatic rings. The van der Waals surface area contributed by atoms with Gasteiger partial charge in [-0.15, -0.1) is 0 Å². The molecule has 21 heavy (non-hydrogen) atoms. The van der Waals surface area contributed by atoms with E-state index in [2.05, 4.69) is 58.2 Å². The molecule has 2 saturated heterocycles. The summed E-state index contributed by atoms with van der Waals surface area (Å²) in [5, 5.41) is 13.5. The second-order valence-corrected chi connectivity index (χ2v) is 7.64. The monoisotopic (exact) mass is 352 g/mol. The summed E-state index contributed by atoms with van der Waals surface area (Å²) in [5.74, 6) is 0. The Morgan fingerprint density at radius 3 is 2.57 bits per heavy atom. The van der Waals surface area contributed by atoms with Crippen LogP contribution < -0.4 is 10.2 Å². The fourth-order valence-corrected chi connectivity index (χ4v) is 4.13. The molecule has 2 aliphatic heterocycles. The van der Waals surface area contributed by atoms with Crippen LogP contribution >= 0.6 is 15.9 Å². The SMILES string of the molecule is CC(C)NCc1ccc(Br)cc1N1C2CCC1CC(O)C2. The average Bonchev–Trinajstić information content (AvgIpc) is 2.69. The van der Waals surface area contributed by atoms with E-state index < -0.39 is 0 Å². The van der Waals surface area contributed by atoms with Gasteiger partial charge in [-0.05, 0) is 43.4 Å². The van der Waals surface area contributed by atoms with Crippen molar-refractivity contribution in [3.8, 4) is 0 Å². The number of benzene rings is 1. The van der Waals surface area contributed by atoms with Crippen molar-refractivity contribution in [2.24, 2.45) is 0 Å². The van der Waals surface area contributed by atoms with Crippen LogP contribution in [0.2, 0.25) is 0 Å². The van der Waals surface area contributed by atoms with Gasteiger partial charge in [-0.25, -0.2) is 0 Å². The number of rotatable bonds is 4. The van der Waals surface area contributed by atoms with Gasteiger partial charge in [-0.3, -0.25) is 0 Å². The quantitative estimate of drug-likeness (QED) is 0.871. The number of anilines is 1. The van der Waals surface area contributed by atoms with E-state index in [-0.39, 0.29) is 6.10 Å². The number of aliphatic hydroxyl groups is 1. The van der Waals surface area contributed by atoms with Gasteiger partial charge in [-0.1, -0.05) is 35.8 Å². The van der Waals surface area contributed by atoms with Crippen molar-refractivity contribution in [1.82, 2.24) is 5.32 Å². The first kappa shape index (κ1) is 15.3. The van der Waals surface area contributed by atoms with Gasteiger partial charge in [-0.2, -0.15) is 0 Å². The second kappa shape index (κ2) is 6.27. The normalized spacial score (nSPS) is 28.4. The molecule has 0 amide bonds. The Bertz CT molecular complexity index is 492. The Balaban J connectivity index is 1.88. The molecule has 0 saturated carbocycles. The third kappa shape index (κ3) is 3.27. The molecule has 1 aromatic carbocycles. The summed E-state index contributed by atoms with van der Waals surface area (Å²) in [5.41, 5.74) is 2.71. The molecule has 1 aromatic rings. The number of aliphatic hydroxyl groups excluding tert-OH is 1. The molecular weight excluding hydrogens is 328 g/mol. The van der Waals surface area contributed by atoms with Crippen LogP contribution in [0.4, 0.5) is 5.69 Å². The molecule has 0 spiro atoms. The minimum atomic E-state index is -0.108. The Kier molecular flexibility index (Phi) is 4.57. The molecule has 0 aromatic heterocycles. The molecule has 2 unspecified atom stereocenters. The van der Waals surface area contributed by atoms with E-state index in [1.165, 1.54) is 24.1 Å². The van der Waals surface area contributed by atoms with Gasteiger partial charge in [0.25, 0.3) is 0 Å². The maximum atomic E-state index is 10.0. The lowest BCUT2D eigenvalue weighted by Gasteiger charge is -2.40. The lowest BCUT2D eigenvalue weighted by Crippen LogP contribution is -2.45. The highest BCUT2D eigenvalue weighted by atomic mass is 79.9.